The van der Waals surface area contributed by atoms with Gasteiger partial charge in [0, 0.05) is 28.6 Å². The second-order valence-electron chi connectivity index (χ2n) is 4.83. The van der Waals surface area contributed by atoms with Crippen molar-refractivity contribution in [2.24, 2.45) is 0 Å². The lowest BCUT2D eigenvalue weighted by Gasteiger charge is -2.10. The molecule has 0 saturated carbocycles. The van der Waals surface area contributed by atoms with E-state index >= 15 is 0 Å². The molecule has 0 aliphatic carbocycles. The number of halogens is 1. The van der Waals surface area contributed by atoms with Crippen molar-refractivity contribution in [3.05, 3.63) is 48.4 Å². The van der Waals surface area contributed by atoms with Crippen molar-refractivity contribution >= 4 is 25.6 Å². The number of hydrogen-bond acceptors (Lipinski definition) is 6. The number of aromatic nitrogens is 4. The Morgan fingerprint density at radius 1 is 1.30 bits per heavy atom. The summed E-state index contributed by atoms with van der Waals surface area (Å²) in [5.74, 6) is 0.585. The highest BCUT2D eigenvalue weighted by atomic mass is 35.7. The Morgan fingerprint density at radius 2 is 2.09 bits per heavy atom. The van der Waals surface area contributed by atoms with Crippen molar-refractivity contribution in [2.45, 2.75) is 11.8 Å². The van der Waals surface area contributed by atoms with Gasteiger partial charge >= 0.3 is 0 Å². The first-order chi connectivity index (χ1) is 10.9. The molecule has 9 heteroatoms. The summed E-state index contributed by atoms with van der Waals surface area (Å²) < 4.78 is 24.6. The number of anilines is 1. The average molecular weight is 350 g/mol. The molecule has 0 saturated heterocycles. The lowest BCUT2D eigenvalue weighted by Crippen LogP contribution is -2.06. The van der Waals surface area contributed by atoms with Gasteiger partial charge in [-0.3, -0.25) is 0 Å². The molecule has 0 bridgehead atoms. The average Bonchev–Trinajstić information content (AvgIpc) is 3.01. The molecule has 1 aromatic carbocycles. The molecule has 2 heterocycles. The van der Waals surface area contributed by atoms with Gasteiger partial charge in [-0.2, -0.15) is 5.10 Å². The van der Waals surface area contributed by atoms with Crippen molar-refractivity contribution in [3.63, 3.8) is 0 Å². The molecule has 7 nitrogen and oxygen atoms in total. The largest absolute Gasteiger partial charge is 0.381 e. The molecule has 0 unspecified atom stereocenters. The molecule has 2 N–H and O–H groups in total. The molecule has 2 aromatic heterocycles. The van der Waals surface area contributed by atoms with E-state index in [1.165, 1.54) is 23.0 Å². The van der Waals surface area contributed by atoms with E-state index in [9.17, 15) is 8.42 Å². The summed E-state index contributed by atoms with van der Waals surface area (Å²) in [6.45, 7) is 1.84. The summed E-state index contributed by atoms with van der Waals surface area (Å²) in [7, 11) is 1.58. The third-order valence-electron chi connectivity index (χ3n) is 3.27. The van der Waals surface area contributed by atoms with E-state index in [2.05, 4.69) is 15.1 Å². The van der Waals surface area contributed by atoms with Crippen LogP contribution in [0.15, 0.2) is 47.8 Å². The highest BCUT2D eigenvalue weighted by Gasteiger charge is 2.15. The Hall–Kier alpha value is -2.45. The van der Waals surface area contributed by atoms with E-state index in [0.717, 1.165) is 5.56 Å². The molecule has 3 rings (SSSR count). The number of nitrogen functional groups attached to an aromatic ring is 1. The van der Waals surface area contributed by atoms with Crippen LogP contribution < -0.4 is 5.73 Å². The number of nitrogens with zero attached hydrogens (tertiary/aromatic N) is 4. The minimum absolute atomic E-state index is 0.000897. The number of hydrogen-bond donors (Lipinski definition) is 1. The Balaban J connectivity index is 2.18. The fourth-order valence-electron chi connectivity index (χ4n) is 2.11. The topological polar surface area (TPSA) is 104 Å². The van der Waals surface area contributed by atoms with E-state index in [1.54, 1.807) is 24.5 Å². The molecule has 0 aliphatic rings. The third-order valence-corrected chi connectivity index (χ3v) is 4.62. The number of rotatable bonds is 3. The van der Waals surface area contributed by atoms with Gasteiger partial charge in [0.25, 0.3) is 9.05 Å². The van der Waals surface area contributed by atoms with Crippen molar-refractivity contribution in [3.8, 4) is 17.1 Å². The lowest BCUT2D eigenvalue weighted by atomic mass is 10.1. The van der Waals surface area contributed by atoms with Crippen LogP contribution in [0.4, 0.5) is 5.82 Å². The maximum absolute atomic E-state index is 11.5. The molecular formula is C14H12ClN5O2S. The lowest BCUT2D eigenvalue weighted by molar-refractivity contribution is 0.609. The molecule has 118 valence electrons. The van der Waals surface area contributed by atoms with Gasteiger partial charge in [0.15, 0.2) is 11.6 Å². The predicted octanol–water partition coefficient (Wildman–Crippen LogP) is 2.15. The van der Waals surface area contributed by atoms with Crippen molar-refractivity contribution in [2.75, 3.05) is 5.73 Å². The van der Waals surface area contributed by atoms with Gasteiger partial charge in [0.1, 0.15) is 0 Å². The van der Waals surface area contributed by atoms with Gasteiger partial charge in [0.05, 0.1) is 16.8 Å². The number of aryl methyl sites for hydroxylation is 1. The minimum atomic E-state index is -3.83. The molecule has 3 aromatic rings. The first-order valence-electron chi connectivity index (χ1n) is 6.54. The smallest absolute Gasteiger partial charge is 0.261 e. The Labute approximate surface area is 137 Å². The highest BCUT2D eigenvalue weighted by Crippen LogP contribution is 2.27. The fraction of sp³-hybridized carbons (Fsp3) is 0.0714. The van der Waals surface area contributed by atoms with Crippen LogP contribution in [0.1, 0.15) is 5.56 Å². The first kappa shape index (κ1) is 15.4. The number of nitrogens with two attached hydrogens (primary N) is 1. The van der Waals surface area contributed by atoms with Gasteiger partial charge in [-0.25, -0.2) is 23.1 Å². The summed E-state index contributed by atoms with van der Waals surface area (Å²) in [5.41, 5.74) is 7.76. The maximum Gasteiger partial charge on any atom is 0.261 e. The van der Waals surface area contributed by atoms with Gasteiger partial charge in [0.2, 0.25) is 0 Å². The van der Waals surface area contributed by atoms with Crippen LogP contribution in [0.5, 0.6) is 0 Å². The molecule has 0 radical (unpaired) electrons. The zero-order valence-electron chi connectivity index (χ0n) is 12.0. The normalized spacial score (nSPS) is 11.6. The van der Waals surface area contributed by atoms with Crippen LogP contribution in [0.25, 0.3) is 17.1 Å². The van der Waals surface area contributed by atoms with Crippen molar-refractivity contribution in [1.29, 1.82) is 0 Å². The Bertz CT molecular complexity index is 971. The third kappa shape index (κ3) is 3.03. The SMILES string of the molecule is Cc1ccc(S(=O)(=O)Cl)cc1-c1cnc(N)c(-n2cccn2)n1. The zero-order chi connectivity index (χ0) is 16.6. The van der Waals surface area contributed by atoms with Gasteiger partial charge in [-0.15, -0.1) is 0 Å². The predicted molar refractivity (Wildman–Crippen MR) is 86.8 cm³/mol. The van der Waals surface area contributed by atoms with Crippen LogP contribution >= 0.6 is 10.7 Å². The summed E-state index contributed by atoms with van der Waals surface area (Å²) in [4.78, 5) is 8.56. The monoisotopic (exact) mass is 349 g/mol. The second kappa shape index (κ2) is 5.64. The van der Waals surface area contributed by atoms with E-state index in [-0.39, 0.29) is 10.7 Å². The quantitative estimate of drug-likeness (QED) is 0.726. The van der Waals surface area contributed by atoms with E-state index < -0.39 is 9.05 Å². The summed E-state index contributed by atoms with van der Waals surface area (Å²) in [6.07, 6.45) is 4.77. The van der Waals surface area contributed by atoms with Gasteiger partial charge in [-0.1, -0.05) is 6.07 Å². The molecule has 0 amide bonds. The van der Waals surface area contributed by atoms with E-state index in [4.69, 9.17) is 16.4 Å². The highest BCUT2D eigenvalue weighted by molar-refractivity contribution is 8.13. The summed E-state index contributed by atoms with van der Waals surface area (Å²) in [6, 6.07) is 6.31. The van der Waals surface area contributed by atoms with Crippen molar-refractivity contribution in [1.82, 2.24) is 19.7 Å². The summed E-state index contributed by atoms with van der Waals surface area (Å²) in [5, 5.41) is 4.08. The fourth-order valence-corrected chi connectivity index (χ4v) is 2.89. The maximum atomic E-state index is 11.5. The standard InChI is InChI=1S/C14H12ClN5O2S/c1-9-3-4-10(23(15,21)22)7-11(9)12-8-17-13(16)14(19-12)20-6-2-5-18-20/h2-8H,1H3,(H2,16,17). The molecule has 0 aliphatic heterocycles. The Kier molecular flexibility index (Phi) is 3.78. The Morgan fingerprint density at radius 3 is 2.74 bits per heavy atom. The zero-order valence-corrected chi connectivity index (χ0v) is 13.6. The van der Waals surface area contributed by atoms with Crippen LogP contribution in [0.3, 0.4) is 0 Å². The molecule has 0 atom stereocenters. The molecule has 0 spiro atoms. The van der Waals surface area contributed by atoms with E-state index in [0.29, 0.717) is 17.1 Å². The minimum Gasteiger partial charge on any atom is -0.381 e. The molecular weight excluding hydrogens is 338 g/mol. The summed E-state index contributed by atoms with van der Waals surface area (Å²) >= 11 is 0. The van der Waals surface area contributed by atoms with Gasteiger partial charge in [-0.05, 0) is 30.7 Å². The number of benzene rings is 1. The van der Waals surface area contributed by atoms with Gasteiger partial charge < -0.3 is 5.73 Å². The van der Waals surface area contributed by atoms with Crippen molar-refractivity contribution < 1.29 is 8.42 Å². The van der Waals surface area contributed by atoms with Crippen LogP contribution in [0.2, 0.25) is 0 Å². The molecule has 0 fully saturated rings. The second-order valence-corrected chi connectivity index (χ2v) is 7.40. The van der Waals surface area contributed by atoms with Crippen LogP contribution in [-0.2, 0) is 9.05 Å². The first-order valence-corrected chi connectivity index (χ1v) is 8.85. The van der Waals surface area contributed by atoms with E-state index in [1.807, 2.05) is 6.92 Å². The molecule has 23 heavy (non-hydrogen) atoms. The van der Waals surface area contributed by atoms with Crippen LogP contribution in [-0.4, -0.2) is 28.2 Å². The van der Waals surface area contributed by atoms with Crippen LogP contribution in [0, 0.1) is 6.92 Å².